The van der Waals surface area contributed by atoms with Gasteiger partial charge >= 0.3 is 0 Å². The van der Waals surface area contributed by atoms with Gasteiger partial charge in [0.1, 0.15) is 5.75 Å². The summed E-state index contributed by atoms with van der Waals surface area (Å²) < 4.78 is 6.81. The molecule has 0 aliphatic carbocycles. The average Bonchev–Trinajstić information content (AvgIpc) is 2.84. The van der Waals surface area contributed by atoms with Crippen molar-refractivity contribution in [3.63, 3.8) is 0 Å². The summed E-state index contributed by atoms with van der Waals surface area (Å²) >= 11 is 3.47. The summed E-state index contributed by atoms with van der Waals surface area (Å²) in [7, 11) is 0. The molecule has 1 aromatic carbocycles. The van der Waals surface area contributed by atoms with Crippen molar-refractivity contribution in [2.75, 3.05) is 6.61 Å². The van der Waals surface area contributed by atoms with E-state index in [1.165, 1.54) is 5.56 Å². The van der Waals surface area contributed by atoms with Crippen LogP contribution in [0.5, 0.6) is 5.75 Å². The van der Waals surface area contributed by atoms with E-state index in [1.807, 2.05) is 12.1 Å². The molecule has 2 N–H and O–H groups in total. The third-order valence-electron chi connectivity index (χ3n) is 3.14. The minimum absolute atomic E-state index is 0.254. The lowest BCUT2D eigenvalue weighted by molar-refractivity contribution is 0.315. The smallest absolute Gasteiger partial charge is 0.188 e. The summed E-state index contributed by atoms with van der Waals surface area (Å²) in [5.74, 6) is 1.61. The molecular formula is C12H14BrN5O. The van der Waals surface area contributed by atoms with Gasteiger partial charge in [-0.25, -0.2) is 0 Å². The molecule has 7 heteroatoms. The molecule has 6 nitrogen and oxygen atoms in total. The quantitative estimate of drug-likeness (QED) is 0.903. The molecule has 1 atom stereocenters. The lowest BCUT2D eigenvalue weighted by Gasteiger charge is -2.17. The molecule has 2 heterocycles. The molecule has 100 valence electrons. The standard InChI is InChI=1S/C12H14BrN5O/c13-8-3-4-9-10(2-1-5-19-11(9)6-8)14-7-12-15-17-18-16-12/h3-4,6,10,14H,1-2,5,7H2,(H,15,16,17,18). The van der Waals surface area contributed by atoms with Crippen molar-refractivity contribution in [3.05, 3.63) is 34.1 Å². The number of halogens is 1. The van der Waals surface area contributed by atoms with Crippen LogP contribution in [0.4, 0.5) is 0 Å². The predicted molar refractivity (Wildman–Crippen MR) is 72.6 cm³/mol. The van der Waals surface area contributed by atoms with Crippen molar-refractivity contribution in [1.29, 1.82) is 0 Å². The summed E-state index contributed by atoms with van der Waals surface area (Å²) in [6.45, 7) is 1.35. The second kappa shape index (κ2) is 5.66. The maximum atomic E-state index is 5.78. The first-order valence-corrected chi connectivity index (χ1v) is 7.00. The third kappa shape index (κ3) is 2.93. The second-order valence-electron chi connectivity index (χ2n) is 4.43. The van der Waals surface area contributed by atoms with E-state index in [1.54, 1.807) is 0 Å². The van der Waals surface area contributed by atoms with Crippen LogP contribution in [0.25, 0.3) is 0 Å². The van der Waals surface area contributed by atoms with Crippen molar-refractivity contribution >= 4 is 15.9 Å². The minimum atomic E-state index is 0.254. The number of aromatic amines is 1. The van der Waals surface area contributed by atoms with Crippen LogP contribution in [-0.4, -0.2) is 27.2 Å². The molecule has 0 saturated heterocycles. The van der Waals surface area contributed by atoms with Gasteiger partial charge in [-0.2, -0.15) is 5.21 Å². The van der Waals surface area contributed by atoms with E-state index in [-0.39, 0.29) is 6.04 Å². The highest BCUT2D eigenvalue weighted by molar-refractivity contribution is 9.10. The van der Waals surface area contributed by atoms with E-state index in [4.69, 9.17) is 4.74 Å². The lowest BCUT2D eigenvalue weighted by Crippen LogP contribution is -2.21. The van der Waals surface area contributed by atoms with Gasteiger partial charge in [0.15, 0.2) is 5.82 Å². The first kappa shape index (κ1) is 12.6. The topological polar surface area (TPSA) is 75.7 Å². The average molecular weight is 324 g/mol. The van der Waals surface area contributed by atoms with Gasteiger partial charge in [0.25, 0.3) is 0 Å². The number of H-pyrrole nitrogens is 1. The zero-order chi connectivity index (χ0) is 13.1. The van der Waals surface area contributed by atoms with Gasteiger partial charge in [0.2, 0.25) is 0 Å². The van der Waals surface area contributed by atoms with Crippen LogP contribution in [0.2, 0.25) is 0 Å². The van der Waals surface area contributed by atoms with E-state index in [2.05, 4.69) is 47.9 Å². The van der Waals surface area contributed by atoms with Crippen molar-refractivity contribution in [3.8, 4) is 5.75 Å². The number of benzene rings is 1. The number of rotatable bonds is 3. The van der Waals surface area contributed by atoms with Crippen molar-refractivity contribution in [2.24, 2.45) is 0 Å². The van der Waals surface area contributed by atoms with Crippen molar-refractivity contribution in [1.82, 2.24) is 25.9 Å². The second-order valence-corrected chi connectivity index (χ2v) is 5.35. The van der Waals surface area contributed by atoms with Gasteiger partial charge in [0, 0.05) is 16.1 Å². The number of fused-ring (bicyclic) bond motifs is 1. The molecule has 0 saturated carbocycles. The van der Waals surface area contributed by atoms with Crippen molar-refractivity contribution in [2.45, 2.75) is 25.4 Å². The molecule has 0 bridgehead atoms. The molecular weight excluding hydrogens is 310 g/mol. The van der Waals surface area contributed by atoms with E-state index in [9.17, 15) is 0 Å². The molecule has 0 fully saturated rings. The number of hydrogen-bond acceptors (Lipinski definition) is 5. The lowest BCUT2D eigenvalue weighted by atomic mass is 10.0. The first-order chi connectivity index (χ1) is 9.33. The number of hydrogen-bond donors (Lipinski definition) is 2. The summed E-state index contributed by atoms with van der Waals surface area (Å²) in [6, 6.07) is 6.41. The molecule has 1 unspecified atom stereocenters. The Morgan fingerprint density at radius 2 is 2.42 bits per heavy atom. The Hall–Kier alpha value is -1.47. The van der Waals surface area contributed by atoms with E-state index < -0.39 is 0 Å². The van der Waals surface area contributed by atoms with Crippen LogP contribution in [-0.2, 0) is 6.54 Å². The molecule has 0 amide bonds. The van der Waals surface area contributed by atoms with Gasteiger partial charge in [-0.15, -0.1) is 10.2 Å². The Kier molecular flexibility index (Phi) is 3.74. The Bertz CT molecular complexity index is 545. The highest BCUT2D eigenvalue weighted by Crippen LogP contribution is 2.33. The molecule has 2 aromatic rings. The Labute approximate surface area is 119 Å². The fourth-order valence-corrected chi connectivity index (χ4v) is 2.57. The molecule has 19 heavy (non-hydrogen) atoms. The van der Waals surface area contributed by atoms with Crippen LogP contribution in [0.3, 0.4) is 0 Å². The van der Waals surface area contributed by atoms with E-state index >= 15 is 0 Å². The third-order valence-corrected chi connectivity index (χ3v) is 3.63. The highest BCUT2D eigenvalue weighted by atomic mass is 79.9. The fraction of sp³-hybridized carbons (Fsp3) is 0.417. The Balaban J connectivity index is 1.78. The van der Waals surface area contributed by atoms with Crippen LogP contribution in [0.1, 0.15) is 30.3 Å². The zero-order valence-electron chi connectivity index (χ0n) is 10.3. The SMILES string of the molecule is Brc1ccc2c(c1)OCCCC2NCc1nn[nH]n1. The van der Waals surface area contributed by atoms with Crippen LogP contribution < -0.4 is 10.1 Å². The largest absolute Gasteiger partial charge is 0.493 e. The molecule has 0 radical (unpaired) electrons. The monoisotopic (exact) mass is 323 g/mol. The van der Waals surface area contributed by atoms with Gasteiger partial charge < -0.3 is 10.1 Å². The molecule has 3 rings (SSSR count). The molecule has 0 spiro atoms. The molecule has 1 aliphatic rings. The summed E-state index contributed by atoms with van der Waals surface area (Å²) in [6.07, 6.45) is 2.06. The summed E-state index contributed by atoms with van der Waals surface area (Å²) in [5, 5.41) is 17.4. The van der Waals surface area contributed by atoms with Crippen LogP contribution in [0.15, 0.2) is 22.7 Å². The van der Waals surface area contributed by atoms with Crippen molar-refractivity contribution < 1.29 is 4.74 Å². The van der Waals surface area contributed by atoms with Gasteiger partial charge in [-0.05, 0) is 25.0 Å². The molecule has 1 aromatic heterocycles. The van der Waals surface area contributed by atoms with Crippen LogP contribution >= 0.6 is 15.9 Å². The zero-order valence-corrected chi connectivity index (χ0v) is 11.9. The van der Waals surface area contributed by atoms with E-state index in [0.29, 0.717) is 12.4 Å². The minimum Gasteiger partial charge on any atom is -0.493 e. The Morgan fingerprint density at radius 3 is 3.26 bits per heavy atom. The fourth-order valence-electron chi connectivity index (χ4n) is 2.23. The number of nitrogens with zero attached hydrogens (tertiary/aromatic N) is 3. The number of ether oxygens (including phenoxy) is 1. The maximum Gasteiger partial charge on any atom is 0.188 e. The number of tetrazole rings is 1. The van der Waals surface area contributed by atoms with E-state index in [0.717, 1.165) is 29.7 Å². The highest BCUT2D eigenvalue weighted by Gasteiger charge is 2.19. The Morgan fingerprint density at radius 1 is 1.47 bits per heavy atom. The van der Waals surface area contributed by atoms with Gasteiger partial charge in [-0.1, -0.05) is 27.2 Å². The molecule has 1 aliphatic heterocycles. The number of nitrogens with one attached hydrogen (secondary N) is 2. The van der Waals surface area contributed by atoms with Gasteiger partial charge in [0.05, 0.1) is 13.2 Å². The predicted octanol–water partition coefficient (Wildman–Crippen LogP) is 1.97. The maximum absolute atomic E-state index is 5.78. The van der Waals surface area contributed by atoms with Crippen LogP contribution in [0, 0.1) is 0 Å². The summed E-state index contributed by atoms with van der Waals surface area (Å²) in [5.41, 5.74) is 1.18. The normalized spacial score (nSPS) is 18.5. The van der Waals surface area contributed by atoms with Gasteiger partial charge in [-0.3, -0.25) is 0 Å². The number of aromatic nitrogens is 4. The first-order valence-electron chi connectivity index (χ1n) is 6.21. The summed E-state index contributed by atoms with van der Waals surface area (Å²) in [4.78, 5) is 0.